The van der Waals surface area contributed by atoms with Crippen LogP contribution in [0.5, 0.6) is 5.75 Å². The molecule has 0 spiro atoms. The summed E-state index contributed by atoms with van der Waals surface area (Å²) in [7, 11) is 0. The van der Waals surface area contributed by atoms with Crippen molar-refractivity contribution in [2.45, 2.75) is 116 Å². The molecule has 274 valence electrons. The first-order valence-electron chi connectivity index (χ1n) is 18.5. The van der Waals surface area contributed by atoms with Crippen LogP contribution < -0.4 is 4.74 Å². The van der Waals surface area contributed by atoms with Crippen LogP contribution in [-0.2, 0) is 24.6 Å². The lowest BCUT2D eigenvalue weighted by atomic mass is 9.79. The number of hydrogen-bond acceptors (Lipinski definition) is 6. The van der Waals surface area contributed by atoms with Crippen LogP contribution in [0, 0.1) is 0 Å². The van der Waals surface area contributed by atoms with Crippen molar-refractivity contribution in [2.75, 3.05) is 6.61 Å². The first-order valence-corrected chi connectivity index (χ1v) is 18.5. The summed E-state index contributed by atoms with van der Waals surface area (Å²) >= 11 is 0. The lowest BCUT2D eigenvalue weighted by Gasteiger charge is -2.37. The van der Waals surface area contributed by atoms with Crippen molar-refractivity contribution >= 4 is 24.1 Å². The molecular formula is C45H58O6. The Bertz CT molecular complexity index is 1510. The highest BCUT2D eigenvalue weighted by Crippen LogP contribution is 2.41. The van der Waals surface area contributed by atoms with Gasteiger partial charge in [-0.25, -0.2) is 9.59 Å². The van der Waals surface area contributed by atoms with Gasteiger partial charge in [-0.1, -0.05) is 106 Å². The maximum Gasteiger partial charge on any atom is 0.338 e. The molecule has 6 heteroatoms. The first-order chi connectivity index (χ1) is 24.6. The summed E-state index contributed by atoms with van der Waals surface area (Å²) in [5.41, 5.74) is 3.64. The van der Waals surface area contributed by atoms with E-state index < -0.39 is 5.60 Å². The molecule has 0 aromatic heterocycles. The molecule has 3 aromatic rings. The Kier molecular flexibility index (Phi) is 16.9. The van der Waals surface area contributed by atoms with E-state index in [1.165, 1.54) is 12.8 Å². The second-order valence-corrected chi connectivity index (χ2v) is 13.3. The fourth-order valence-corrected chi connectivity index (χ4v) is 6.46. The highest BCUT2D eigenvalue weighted by molar-refractivity contribution is 5.90. The predicted octanol–water partition coefficient (Wildman–Crippen LogP) is 11.7. The Labute approximate surface area is 306 Å². The van der Waals surface area contributed by atoms with Crippen molar-refractivity contribution in [3.05, 3.63) is 126 Å². The van der Waals surface area contributed by atoms with Gasteiger partial charge in [-0.05, 0) is 120 Å². The van der Waals surface area contributed by atoms with E-state index in [-0.39, 0.29) is 23.8 Å². The number of rotatable bonds is 12. The van der Waals surface area contributed by atoms with E-state index in [0.29, 0.717) is 17.7 Å². The first kappa shape index (κ1) is 41.0. The highest BCUT2D eigenvalue weighted by atomic mass is 16.7. The number of esters is 2. The molecule has 6 nitrogen and oxygen atoms in total. The lowest BCUT2D eigenvalue weighted by Crippen LogP contribution is -2.36. The molecule has 3 aromatic carbocycles. The number of benzene rings is 3. The highest BCUT2D eigenvalue weighted by Gasteiger charge is 2.38. The van der Waals surface area contributed by atoms with Crippen LogP contribution in [0.25, 0.3) is 12.2 Å². The molecule has 0 amide bonds. The summed E-state index contributed by atoms with van der Waals surface area (Å²) in [4.78, 5) is 24.1. The second-order valence-electron chi connectivity index (χ2n) is 13.3. The zero-order valence-corrected chi connectivity index (χ0v) is 31.3. The van der Waals surface area contributed by atoms with Gasteiger partial charge in [-0.3, -0.25) is 0 Å². The summed E-state index contributed by atoms with van der Waals surface area (Å²) in [6.07, 6.45) is 15.1. The van der Waals surface area contributed by atoms with Gasteiger partial charge in [0.1, 0.15) is 17.0 Å². The zero-order valence-electron chi connectivity index (χ0n) is 31.3. The average Bonchev–Trinajstić information content (AvgIpc) is 3.17. The molecule has 0 heterocycles. The van der Waals surface area contributed by atoms with E-state index in [0.717, 1.165) is 80.2 Å². The Hall–Kier alpha value is -4.42. The Morgan fingerprint density at radius 2 is 1.27 bits per heavy atom. The minimum Gasteiger partial charge on any atom is -0.465 e. The molecule has 0 radical (unpaired) electrons. The minimum absolute atomic E-state index is 0.195. The fraction of sp³-hybridized carbons (Fsp3) is 0.422. The minimum atomic E-state index is -0.435. The summed E-state index contributed by atoms with van der Waals surface area (Å²) in [5, 5.41) is 0. The van der Waals surface area contributed by atoms with Gasteiger partial charge in [0.15, 0.2) is 6.29 Å². The number of ether oxygens (including phenoxy) is 4. The monoisotopic (exact) mass is 694 g/mol. The van der Waals surface area contributed by atoms with Gasteiger partial charge in [-0.2, -0.15) is 0 Å². The van der Waals surface area contributed by atoms with Crippen molar-refractivity contribution in [3.63, 3.8) is 0 Å². The molecule has 0 bridgehead atoms. The van der Waals surface area contributed by atoms with Crippen LogP contribution >= 0.6 is 0 Å². The molecule has 1 atom stereocenters. The fourth-order valence-electron chi connectivity index (χ4n) is 6.46. The van der Waals surface area contributed by atoms with Crippen molar-refractivity contribution in [2.24, 2.45) is 0 Å². The maximum atomic E-state index is 12.2. The van der Waals surface area contributed by atoms with Gasteiger partial charge in [0.05, 0.1) is 5.56 Å². The van der Waals surface area contributed by atoms with Crippen molar-refractivity contribution in [3.8, 4) is 5.75 Å². The SMILES string of the molecule is C=C(C)C(=O)OC1(c2ccccc2)CCCCC1.C=Cc1ccc(C(=O)OC2(CC)CCCCC2)cc1.C=Cc1ccc(OC(C)OCC)cc1. The maximum absolute atomic E-state index is 12.2. The van der Waals surface area contributed by atoms with Crippen molar-refractivity contribution in [1.29, 1.82) is 0 Å². The third-order valence-electron chi connectivity index (χ3n) is 9.52. The normalized spacial score (nSPS) is 16.3. The smallest absolute Gasteiger partial charge is 0.338 e. The number of carbonyl (C=O) groups excluding carboxylic acids is 2. The molecule has 2 saturated carbocycles. The quantitative estimate of drug-likeness (QED) is 0.107. The van der Waals surface area contributed by atoms with Crippen LogP contribution in [-0.4, -0.2) is 30.4 Å². The molecule has 0 aliphatic heterocycles. The van der Waals surface area contributed by atoms with Gasteiger partial charge < -0.3 is 18.9 Å². The van der Waals surface area contributed by atoms with E-state index in [1.807, 2.05) is 80.6 Å². The predicted molar refractivity (Wildman–Crippen MR) is 208 cm³/mol. The molecule has 51 heavy (non-hydrogen) atoms. The van der Waals surface area contributed by atoms with E-state index in [9.17, 15) is 9.59 Å². The zero-order chi connectivity index (χ0) is 37.1. The summed E-state index contributed by atoms with van der Waals surface area (Å²) in [6, 6.07) is 25.2. The van der Waals surface area contributed by atoms with Crippen LogP contribution in [0.1, 0.15) is 125 Å². The molecule has 1 unspecified atom stereocenters. The largest absolute Gasteiger partial charge is 0.465 e. The summed E-state index contributed by atoms with van der Waals surface area (Å²) in [5.74, 6) is 0.344. The molecular weight excluding hydrogens is 636 g/mol. The standard InChI is InChI=1S/C17H22O2.C16H20O2.C12H16O2/c1-3-14-8-10-15(11-9-14)16(18)19-17(4-2)12-6-5-7-13-17;1-13(2)15(17)18-16(11-7-4-8-12-16)14-9-5-3-6-10-14;1-4-11-6-8-12(9-7-11)14-10(3)13-5-2/h3,8-11H,1,4-7,12-13H2,2H3;3,5-6,9-10H,1,4,7-8,11-12H2,2H3;4,6-10H,1,5H2,2-3H3. The second kappa shape index (κ2) is 21.1. The van der Waals surface area contributed by atoms with Gasteiger partial charge in [0.25, 0.3) is 0 Å². The van der Waals surface area contributed by atoms with Crippen molar-refractivity contribution in [1.82, 2.24) is 0 Å². The van der Waals surface area contributed by atoms with Crippen molar-refractivity contribution < 1.29 is 28.5 Å². The van der Waals surface area contributed by atoms with Crippen LogP contribution in [0.15, 0.2) is 104 Å². The van der Waals surface area contributed by atoms with Crippen LogP contribution in [0.4, 0.5) is 0 Å². The summed E-state index contributed by atoms with van der Waals surface area (Å²) in [6.45, 7) is 19.4. The van der Waals surface area contributed by atoms with Gasteiger partial charge >= 0.3 is 11.9 Å². The average molecular weight is 695 g/mol. The van der Waals surface area contributed by atoms with Gasteiger partial charge in [0.2, 0.25) is 0 Å². The number of hydrogen-bond donors (Lipinski definition) is 0. The Morgan fingerprint density at radius 3 is 1.76 bits per heavy atom. The van der Waals surface area contributed by atoms with E-state index in [1.54, 1.807) is 19.1 Å². The Morgan fingerprint density at radius 1 is 0.745 bits per heavy atom. The lowest BCUT2D eigenvalue weighted by molar-refractivity contribution is -0.160. The molecule has 5 rings (SSSR count). The van der Waals surface area contributed by atoms with Crippen LogP contribution in [0.3, 0.4) is 0 Å². The Balaban J connectivity index is 0.000000209. The molecule has 2 fully saturated rings. The summed E-state index contributed by atoms with van der Waals surface area (Å²) < 4.78 is 22.4. The number of carbonyl (C=O) groups is 2. The van der Waals surface area contributed by atoms with E-state index >= 15 is 0 Å². The molecule has 0 N–H and O–H groups in total. The van der Waals surface area contributed by atoms with E-state index in [4.69, 9.17) is 18.9 Å². The third-order valence-corrected chi connectivity index (χ3v) is 9.52. The van der Waals surface area contributed by atoms with Crippen LogP contribution in [0.2, 0.25) is 0 Å². The molecule has 2 aliphatic rings. The van der Waals surface area contributed by atoms with Gasteiger partial charge in [-0.15, -0.1) is 0 Å². The van der Waals surface area contributed by atoms with E-state index in [2.05, 4.69) is 38.8 Å². The third kappa shape index (κ3) is 13.0. The van der Waals surface area contributed by atoms with Gasteiger partial charge in [0, 0.05) is 12.2 Å². The topological polar surface area (TPSA) is 71.1 Å². The molecule has 0 saturated heterocycles. The molecule has 2 aliphatic carbocycles.